The molecule has 13 N–H and O–H groups in total. The van der Waals surface area contributed by atoms with E-state index in [2.05, 4.69) is 20.6 Å². The van der Waals surface area contributed by atoms with E-state index in [4.69, 9.17) is 38.3 Å². The zero-order chi connectivity index (χ0) is 34.7. The third kappa shape index (κ3) is 13.5. The lowest BCUT2D eigenvalue weighted by atomic mass is 10.1. The van der Waals surface area contributed by atoms with E-state index in [1.165, 1.54) is 0 Å². The van der Waals surface area contributed by atoms with Gasteiger partial charge in [-0.05, 0) is 36.4 Å². The Kier molecular flexibility index (Phi) is 13.1. The molecule has 246 valence electrons. The van der Waals surface area contributed by atoms with Crippen LogP contribution in [0.5, 0.6) is 0 Å². The molecule has 2 rings (SSSR count). The minimum atomic E-state index is -4.77. The molecular weight excluding hydrogens is 626 g/mol. The van der Waals surface area contributed by atoms with E-state index in [0.29, 0.717) is 24.3 Å². The Bertz CT molecular complexity index is 1470. The number of hydrogen-bond donors (Lipinski definition) is 9. The Morgan fingerprint density at radius 1 is 0.756 bits per heavy atom. The maximum Gasteiger partial charge on any atom is 0.416 e. The number of aliphatic imine (C=N–C) groups is 2. The van der Waals surface area contributed by atoms with E-state index in [1.54, 1.807) is 0 Å². The smallest absolute Gasteiger partial charge is 0.416 e. The standard InChI is InChI=1S/C15H18F3N5O5.C9H8F3N3O2/c16-15(17,18)8-1-7(2-9(3-8)23-14(19)20)13(28)21-5-11(25)22-10(6-24)4-12(26)27;10-9(11,12)5-1-4(7(16)17)2-6(3-5)15-8(13)14/h1-3,10,24H,4-6H2,(H,21,28)(H,22,25)(H,26,27)(H4,19,20,23);1-3H,(H,16,17)(H4,13,14,15)/t10-;/m0./s1. The third-order valence-electron chi connectivity index (χ3n) is 4.93. The lowest BCUT2D eigenvalue weighted by molar-refractivity contribution is -0.139. The summed E-state index contributed by atoms with van der Waals surface area (Å²) in [6, 6.07) is 3.21. The summed E-state index contributed by atoms with van der Waals surface area (Å²) in [6.45, 7) is -1.32. The molecule has 0 spiro atoms. The molecule has 0 heterocycles. The predicted octanol–water partition coefficient (Wildman–Crippen LogP) is 0.600. The highest BCUT2D eigenvalue weighted by Crippen LogP contribution is 2.33. The fourth-order valence-electron chi connectivity index (χ4n) is 3.14. The molecule has 2 amide bonds. The monoisotopic (exact) mass is 652 g/mol. The second-order valence-electron chi connectivity index (χ2n) is 8.64. The zero-order valence-electron chi connectivity index (χ0n) is 22.6. The number of guanidine groups is 2. The molecular formula is C24H26F6N8O7. The van der Waals surface area contributed by atoms with Gasteiger partial charge in [0.05, 0.1) is 53.7 Å². The van der Waals surface area contributed by atoms with E-state index >= 15 is 0 Å². The van der Waals surface area contributed by atoms with Gasteiger partial charge >= 0.3 is 24.3 Å². The number of nitrogens with one attached hydrogen (secondary N) is 2. The van der Waals surface area contributed by atoms with E-state index in [9.17, 15) is 45.5 Å². The van der Waals surface area contributed by atoms with Crippen LogP contribution >= 0.6 is 0 Å². The first-order chi connectivity index (χ1) is 20.6. The van der Waals surface area contributed by atoms with Gasteiger partial charge in [-0.1, -0.05) is 0 Å². The van der Waals surface area contributed by atoms with E-state index in [0.717, 1.165) is 12.1 Å². The summed E-state index contributed by atoms with van der Waals surface area (Å²) in [5.41, 5.74) is 16.4. The molecule has 21 heteroatoms. The van der Waals surface area contributed by atoms with Crippen molar-refractivity contribution in [2.24, 2.45) is 32.9 Å². The number of aliphatic carboxylic acids is 1. The van der Waals surface area contributed by atoms with Gasteiger partial charge in [-0.3, -0.25) is 14.4 Å². The Balaban J connectivity index is 0.000000507. The number of amides is 2. The Labute approximate surface area is 248 Å². The number of aliphatic hydroxyl groups is 1. The van der Waals surface area contributed by atoms with Crippen molar-refractivity contribution in [2.45, 2.75) is 24.8 Å². The van der Waals surface area contributed by atoms with Crippen molar-refractivity contribution >= 4 is 47.0 Å². The van der Waals surface area contributed by atoms with Crippen LogP contribution in [0.4, 0.5) is 37.7 Å². The predicted molar refractivity (Wildman–Crippen MR) is 144 cm³/mol. The van der Waals surface area contributed by atoms with Crippen LogP contribution in [0, 0.1) is 0 Å². The molecule has 0 aliphatic carbocycles. The van der Waals surface area contributed by atoms with Crippen molar-refractivity contribution in [1.82, 2.24) is 10.6 Å². The Morgan fingerprint density at radius 2 is 1.20 bits per heavy atom. The lowest BCUT2D eigenvalue weighted by Gasteiger charge is -2.15. The minimum Gasteiger partial charge on any atom is -0.481 e. The summed E-state index contributed by atoms with van der Waals surface area (Å²) in [5, 5.41) is 30.5. The topological polar surface area (TPSA) is 282 Å². The number of hydrogen-bond acceptors (Lipinski definition) is 7. The Hall–Kier alpha value is -5.60. The number of halogens is 6. The molecule has 2 aromatic carbocycles. The average Bonchev–Trinajstić information content (AvgIpc) is 2.89. The fourth-order valence-corrected chi connectivity index (χ4v) is 3.14. The van der Waals surface area contributed by atoms with Crippen LogP contribution in [0.3, 0.4) is 0 Å². The molecule has 0 fully saturated rings. The summed E-state index contributed by atoms with van der Waals surface area (Å²) in [4.78, 5) is 51.9. The largest absolute Gasteiger partial charge is 0.481 e. The van der Waals surface area contributed by atoms with Crippen molar-refractivity contribution in [3.63, 3.8) is 0 Å². The van der Waals surface area contributed by atoms with E-state index < -0.39 is 95.9 Å². The summed E-state index contributed by atoms with van der Waals surface area (Å²) in [6.07, 6.45) is -9.99. The van der Waals surface area contributed by atoms with Gasteiger partial charge in [-0.25, -0.2) is 14.8 Å². The molecule has 0 saturated heterocycles. The summed E-state index contributed by atoms with van der Waals surface area (Å²) >= 11 is 0. The van der Waals surface area contributed by atoms with Crippen molar-refractivity contribution in [1.29, 1.82) is 0 Å². The van der Waals surface area contributed by atoms with Crippen LogP contribution < -0.4 is 33.6 Å². The van der Waals surface area contributed by atoms with Gasteiger partial charge in [-0.15, -0.1) is 0 Å². The number of carbonyl (C=O) groups excluding carboxylic acids is 2. The molecule has 0 aliphatic heterocycles. The first-order valence-electron chi connectivity index (χ1n) is 11.9. The first-order valence-corrected chi connectivity index (χ1v) is 11.9. The average molecular weight is 653 g/mol. The summed E-state index contributed by atoms with van der Waals surface area (Å²) in [7, 11) is 0. The number of nitrogens with zero attached hydrogens (tertiary/aromatic N) is 2. The highest BCUT2D eigenvalue weighted by atomic mass is 19.4. The maximum atomic E-state index is 13.0. The SMILES string of the molecule is NC(N)=Nc1cc(C(=O)NCC(=O)N[C@H](CO)CC(=O)O)cc(C(F)(F)F)c1.NC(N)=Nc1cc(C(=O)O)cc(C(F)(F)F)c1. The maximum absolute atomic E-state index is 13.0. The number of rotatable bonds is 10. The molecule has 45 heavy (non-hydrogen) atoms. The Morgan fingerprint density at radius 3 is 1.58 bits per heavy atom. The van der Waals surface area contributed by atoms with Crippen LogP contribution in [-0.4, -0.2) is 70.2 Å². The molecule has 1 atom stereocenters. The molecule has 0 bridgehead atoms. The third-order valence-corrected chi connectivity index (χ3v) is 4.93. The lowest BCUT2D eigenvalue weighted by Crippen LogP contribution is -2.44. The molecule has 15 nitrogen and oxygen atoms in total. The second kappa shape index (κ2) is 15.7. The van der Waals surface area contributed by atoms with Crippen LogP contribution in [0.2, 0.25) is 0 Å². The normalized spacial score (nSPS) is 11.6. The number of alkyl halides is 6. The molecule has 0 aliphatic rings. The van der Waals surface area contributed by atoms with Gasteiger partial charge in [-0.2, -0.15) is 26.3 Å². The number of carbonyl (C=O) groups is 4. The van der Waals surface area contributed by atoms with Gasteiger partial charge in [0.2, 0.25) is 5.91 Å². The van der Waals surface area contributed by atoms with Gasteiger partial charge in [0.1, 0.15) is 0 Å². The first kappa shape index (κ1) is 37.4. The summed E-state index contributed by atoms with van der Waals surface area (Å²) in [5.74, 6) is -5.60. The van der Waals surface area contributed by atoms with E-state index in [-0.39, 0.29) is 11.4 Å². The summed E-state index contributed by atoms with van der Waals surface area (Å²) < 4.78 is 76.2. The van der Waals surface area contributed by atoms with Crippen LogP contribution in [0.25, 0.3) is 0 Å². The number of aromatic carboxylic acids is 1. The van der Waals surface area contributed by atoms with Crippen LogP contribution in [0.15, 0.2) is 46.4 Å². The van der Waals surface area contributed by atoms with Gasteiger partial charge in [0.25, 0.3) is 5.91 Å². The van der Waals surface area contributed by atoms with Gasteiger partial charge in [0.15, 0.2) is 11.9 Å². The quantitative estimate of drug-likeness (QED) is 0.0973. The molecule has 0 unspecified atom stereocenters. The van der Waals surface area contributed by atoms with E-state index in [1.807, 2.05) is 0 Å². The number of aliphatic hydroxyl groups excluding tert-OH is 1. The second-order valence-corrected chi connectivity index (χ2v) is 8.64. The molecule has 2 aromatic rings. The van der Waals surface area contributed by atoms with Crippen LogP contribution in [-0.2, 0) is 21.9 Å². The van der Waals surface area contributed by atoms with Gasteiger partial charge < -0.3 is 48.9 Å². The molecule has 0 aromatic heterocycles. The van der Waals surface area contributed by atoms with Crippen molar-refractivity contribution in [3.8, 4) is 0 Å². The minimum absolute atomic E-state index is 0.266. The fraction of sp³-hybridized carbons (Fsp3) is 0.250. The number of benzene rings is 2. The van der Waals surface area contributed by atoms with Crippen molar-refractivity contribution in [2.75, 3.05) is 13.2 Å². The van der Waals surface area contributed by atoms with Crippen LogP contribution in [0.1, 0.15) is 38.3 Å². The highest BCUT2D eigenvalue weighted by molar-refractivity contribution is 5.97. The number of carboxylic acids is 2. The zero-order valence-corrected chi connectivity index (χ0v) is 22.6. The highest BCUT2D eigenvalue weighted by Gasteiger charge is 2.33. The molecule has 0 radical (unpaired) electrons. The van der Waals surface area contributed by atoms with Gasteiger partial charge in [0, 0.05) is 5.56 Å². The van der Waals surface area contributed by atoms with Crippen molar-refractivity contribution in [3.05, 3.63) is 58.7 Å². The molecule has 0 saturated carbocycles. The van der Waals surface area contributed by atoms with Crippen molar-refractivity contribution < 1.29 is 60.8 Å². The number of carboxylic acid groups (broad SMARTS) is 2. The number of nitrogens with two attached hydrogens (primary N) is 4.